The lowest BCUT2D eigenvalue weighted by Gasteiger charge is -2.44. The molecular weight excluding hydrogens is 511 g/mol. The van der Waals surface area contributed by atoms with Gasteiger partial charge in [-0.05, 0) is 63.1 Å². The van der Waals surface area contributed by atoms with Gasteiger partial charge in [0.05, 0.1) is 17.9 Å². The third-order valence-electron chi connectivity index (χ3n) is 8.49. The molecule has 2 saturated carbocycles. The number of nitrogens with zero attached hydrogens (tertiary/aromatic N) is 4. The van der Waals surface area contributed by atoms with Crippen molar-refractivity contribution in [3.05, 3.63) is 24.0 Å². The molecule has 2 fully saturated rings. The maximum atomic E-state index is 13.3. The third-order valence-corrected chi connectivity index (χ3v) is 10.2. The molecule has 0 unspecified atom stereocenters. The molecule has 0 saturated heterocycles. The van der Waals surface area contributed by atoms with Crippen molar-refractivity contribution in [2.45, 2.75) is 88.7 Å². The number of fused-ring (bicyclic) bond motifs is 3. The first-order valence-corrected chi connectivity index (χ1v) is 17.5. The highest BCUT2D eigenvalue weighted by atomic mass is 28.3. The second-order valence-electron chi connectivity index (χ2n) is 12.6. The van der Waals surface area contributed by atoms with E-state index in [1.54, 1.807) is 11.1 Å². The molecule has 1 aliphatic heterocycles. The van der Waals surface area contributed by atoms with E-state index in [1.165, 1.54) is 0 Å². The van der Waals surface area contributed by atoms with Crippen LogP contribution in [0.4, 0.5) is 18.9 Å². The standard InChI is InChI=1S/C27H40F3N5O2Si/c1-33-17-35(20-7-5-19(6-8-20)15-32-26(10-11-26)27(28,29)30)23-21-9-12-34(18-37-13-14-38(2,3)4)24(21)31-16-22(23)25(33)36/h9,12,16,19-20,32H,5-8,10-11,13-15,17-18H2,1-4H3. The molecule has 1 amide bonds. The number of hydrogen-bond donors (Lipinski definition) is 1. The normalized spacial score (nSPS) is 23.7. The van der Waals surface area contributed by atoms with E-state index >= 15 is 0 Å². The fourth-order valence-corrected chi connectivity index (χ4v) is 6.55. The number of nitrogens with one attached hydrogen (secondary N) is 1. The first kappa shape index (κ1) is 27.5. The fourth-order valence-electron chi connectivity index (χ4n) is 5.79. The molecule has 5 rings (SSSR count). The molecule has 1 N–H and O–H groups in total. The van der Waals surface area contributed by atoms with E-state index in [0.29, 0.717) is 25.5 Å². The van der Waals surface area contributed by atoms with Crippen LogP contribution in [0, 0.1) is 5.92 Å². The van der Waals surface area contributed by atoms with Gasteiger partial charge in [-0.15, -0.1) is 0 Å². The lowest BCUT2D eigenvalue weighted by atomic mass is 9.84. The lowest BCUT2D eigenvalue weighted by Crippen LogP contribution is -2.51. The fraction of sp³-hybridized carbons (Fsp3) is 0.704. The van der Waals surface area contributed by atoms with Gasteiger partial charge in [-0.2, -0.15) is 13.2 Å². The van der Waals surface area contributed by atoms with Crippen LogP contribution in [0.15, 0.2) is 18.5 Å². The van der Waals surface area contributed by atoms with Crippen molar-refractivity contribution in [2.75, 3.05) is 31.8 Å². The summed E-state index contributed by atoms with van der Waals surface area (Å²) < 4.78 is 47.9. The minimum atomic E-state index is -4.17. The average molecular weight is 552 g/mol. The van der Waals surface area contributed by atoms with Gasteiger partial charge in [-0.3, -0.25) is 4.79 Å². The topological polar surface area (TPSA) is 62.6 Å². The number of rotatable bonds is 9. The Balaban J connectivity index is 1.29. The molecule has 210 valence electrons. The third kappa shape index (κ3) is 5.47. The Bertz CT molecular complexity index is 1170. The van der Waals surface area contributed by atoms with E-state index in [-0.39, 0.29) is 30.7 Å². The van der Waals surface area contributed by atoms with Crippen molar-refractivity contribution >= 4 is 30.7 Å². The summed E-state index contributed by atoms with van der Waals surface area (Å²) in [5.41, 5.74) is 0.685. The summed E-state index contributed by atoms with van der Waals surface area (Å²) in [7, 11) is 0.634. The molecule has 2 aliphatic carbocycles. The number of anilines is 1. The molecule has 2 aromatic heterocycles. The highest BCUT2D eigenvalue weighted by Crippen LogP contribution is 2.49. The summed E-state index contributed by atoms with van der Waals surface area (Å²) in [5, 5.41) is 3.79. The van der Waals surface area contributed by atoms with Crippen LogP contribution in [0.25, 0.3) is 11.0 Å². The second-order valence-corrected chi connectivity index (χ2v) is 18.3. The quantitative estimate of drug-likeness (QED) is 0.332. The summed E-state index contributed by atoms with van der Waals surface area (Å²) >= 11 is 0. The van der Waals surface area contributed by atoms with Gasteiger partial charge in [0.2, 0.25) is 0 Å². The van der Waals surface area contributed by atoms with Crippen LogP contribution in [0.2, 0.25) is 25.7 Å². The average Bonchev–Trinajstić information content (AvgIpc) is 3.56. The SMILES string of the molecule is CN1CN(C2CCC(CNC3(C(F)(F)F)CC3)CC2)c2c(cnc3c2ccn3COCC[Si](C)(C)C)C1=O. The first-order valence-electron chi connectivity index (χ1n) is 13.8. The number of ether oxygens (including phenoxy) is 1. The van der Waals surface area contributed by atoms with E-state index in [9.17, 15) is 18.0 Å². The maximum Gasteiger partial charge on any atom is 0.406 e. The Morgan fingerprint density at radius 1 is 1.18 bits per heavy atom. The number of hydrogen-bond acceptors (Lipinski definition) is 5. The van der Waals surface area contributed by atoms with Gasteiger partial charge in [0.15, 0.2) is 0 Å². The van der Waals surface area contributed by atoms with E-state index in [2.05, 4.69) is 34.8 Å². The number of aromatic nitrogens is 2. The van der Waals surface area contributed by atoms with E-state index in [0.717, 1.165) is 55.1 Å². The molecule has 38 heavy (non-hydrogen) atoms. The Morgan fingerprint density at radius 2 is 1.89 bits per heavy atom. The van der Waals surface area contributed by atoms with Gasteiger partial charge in [-0.1, -0.05) is 19.6 Å². The van der Waals surface area contributed by atoms with Gasteiger partial charge < -0.3 is 24.4 Å². The van der Waals surface area contributed by atoms with Crippen LogP contribution in [0.1, 0.15) is 48.9 Å². The summed E-state index contributed by atoms with van der Waals surface area (Å²) in [4.78, 5) is 21.7. The number of carbonyl (C=O) groups excluding carboxylic acids is 1. The zero-order valence-corrected chi connectivity index (χ0v) is 23.9. The number of alkyl halides is 3. The van der Waals surface area contributed by atoms with Gasteiger partial charge in [-0.25, -0.2) is 4.98 Å². The molecule has 0 spiro atoms. The zero-order chi connectivity index (χ0) is 27.3. The Kier molecular flexibility index (Phi) is 7.32. The lowest BCUT2D eigenvalue weighted by molar-refractivity contribution is -0.166. The summed E-state index contributed by atoms with van der Waals surface area (Å²) in [6.07, 6.45) is 3.37. The van der Waals surface area contributed by atoms with Crippen LogP contribution in [-0.4, -0.2) is 73.1 Å². The Labute approximate surface area is 223 Å². The highest BCUT2D eigenvalue weighted by molar-refractivity contribution is 6.76. The Morgan fingerprint density at radius 3 is 2.53 bits per heavy atom. The molecule has 0 radical (unpaired) electrons. The predicted octanol–water partition coefficient (Wildman–Crippen LogP) is 5.44. The minimum absolute atomic E-state index is 0.0375. The first-order chi connectivity index (χ1) is 17.9. The monoisotopic (exact) mass is 551 g/mol. The van der Waals surface area contributed by atoms with Gasteiger partial charge >= 0.3 is 6.18 Å². The van der Waals surface area contributed by atoms with Crippen LogP contribution >= 0.6 is 0 Å². The summed E-state index contributed by atoms with van der Waals surface area (Å²) in [5.74, 6) is 0.200. The Hall–Kier alpha value is -2.11. The molecule has 0 atom stereocenters. The highest BCUT2D eigenvalue weighted by Gasteiger charge is 2.63. The number of carbonyl (C=O) groups is 1. The molecule has 0 bridgehead atoms. The van der Waals surface area contributed by atoms with Crippen molar-refractivity contribution in [2.24, 2.45) is 5.92 Å². The molecule has 2 aromatic rings. The minimum Gasteiger partial charge on any atom is -0.361 e. The molecule has 3 aliphatic rings. The number of halogens is 3. The van der Waals surface area contributed by atoms with Crippen molar-refractivity contribution in [3.8, 4) is 0 Å². The smallest absolute Gasteiger partial charge is 0.361 e. The van der Waals surface area contributed by atoms with Crippen molar-refractivity contribution < 1.29 is 22.7 Å². The summed E-state index contributed by atoms with van der Waals surface area (Å²) in [6.45, 7) is 9.03. The van der Waals surface area contributed by atoms with Crippen LogP contribution in [0.3, 0.4) is 0 Å². The molecule has 0 aromatic carbocycles. The second kappa shape index (κ2) is 10.1. The van der Waals surface area contributed by atoms with E-state index in [1.807, 2.05) is 23.9 Å². The van der Waals surface area contributed by atoms with Crippen molar-refractivity contribution in [3.63, 3.8) is 0 Å². The molecule has 3 heterocycles. The predicted molar refractivity (Wildman–Crippen MR) is 145 cm³/mol. The van der Waals surface area contributed by atoms with E-state index in [4.69, 9.17) is 4.74 Å². The molecular formula is C27H40F3N5O2Si. The maximum absolute atomic E-state index is 13.3. The largest absolute Gasteiger partial charge is 0.406 e. The molecule has 7 nitrogen and oxygen atoms in total. The summed E-state index contributed by atoms with van der Waals surface area (Å²) in [6, 6.07) is 3.34. The van der Waals surface area contributed by atoms with Crippen molar-refractivity contribution in [1.82, 2.24) is 19.8 Å². The van der Waals surface area contributed by atoms with Gasteiger partial charge in [0, 0.05) is 45.6 Å². The van der Waals surface area contributed by atoms with Crippen LogP contribution in [0.5, 0.6) is 0 Å². The van der Waals surface area contributed by atoms with Gasteiger partial charge in [0.25, 0.3) is 5.91 Å². The zero-order valence-electron chi connectivity index (χ0n) is 22.9. The van der Waals surface area contributed by atoms with E-state index < -0.39 is 19.8 Å². The number of pyridine rings is 1. The number of amides is 1. The molecule has 11 heteroatoms. The van der Waals surface area contributed by atoms with Crippen LogP contribution in [-0.2, 0) is 11.5 Å². The van der Waals surface area contributed by atoms with Gasteiger partial charge in [0.1, 0.15) is 17.9 Å². The van der Waals surface area contributed by atoms with Crippen LogP contribution < -0.4 is 10.2 Å². The van der Waals surface area contributed by atoms with Crippen molar-refractivity contribution in [1.29, 1.82) is 0 Å².